The van der Waals surface area contributed by atoms with E-state index in [2.05, 4.69) is 10.1 Å². The Morgan fingerprint density at radius 3 is 2.68 bits per heavy atom. The molecule has 111 valence electrons. The zero-order chi connectivity index (χ0) is 14.7. The van der Waals surface area contributed by atoms with E-state index in [0.717, 1.165) is 0 Å². The lowest BCUT2D eigenvalue weighted by atomic mass is 9.87. The number of amides is 1. The van der Waals surface area contributed by atoms with E-state index in [-0.39, 0.29) is 19.6 Å². The first-order valence-electron chi connectivity index (χ1n) is 5.70. The summed E-state index contributed by atoms with van der Waals surface area (Å²) in [4.78, 5) is 41.5. The van der Waals surface area contributed by atoms with Crippen LogP contribution in [-0.2, 0) is 23.4 Å². The van der Waals surface area contributed by atoms with Crippen LogP contribution in [-0.4, -0.2) is 48.0 Å². The molecule has 9 heteroatoms. The first kappa shape index (κ1) is 16.3. The molecule has 1 radical (unpaired) electrons. The summed E-state index contributed by atoms with van der Waals surface area (Å²) in [7, 11) is -2.68. The Hall–Kier alpha value is -0.790. The molecule has 0 unspecified atom stereocenters. The van der Waals surface area contributed by atoms with Crippen molar-refractivity contribution in [2.24, 2.45) is 5.41 Å². The largest absolute Gasteiger partial charge is 0.469 e. The van der Waals surface area contributed by atoms with Crippen LogP contribution in [0.4, 0.5) is 0 Å². The summed E-state index contributed by atoms with van der Waals surface area (Å²) in [6.45, 7) is 3.49. The minimum absolute atomic E-state index is 0.0110. The van der Waals surface area contributed by atoms with Gasteiger partial charge in [0, 0.05) is 12.0 Å². The van der Waals surface area contributed by atoms with E-state index < -0.39 is 31.6 Å². The van der Waals surface area contributed by atoms with Gasteiger partial charge in [-0.2, -0.15) is 0 Å². The molecule has 0 saturated carbocycles. The Balaban J connectivity index is 2.55. The van der Waals surface area contributed by atoms with Gasteiger partial charge in [0.1, 0.15) is 0 Å². The maximum absolute atomic E-state index is 11.9. The number of methoxy groups -OCH3 is 1. The summed E-state index contributed by atoms with van der Waals surface area (Å²) in [5.74, 6) is -0.969. The van der Waals surface area contributed by atoms with Crippen LogP contribution in [0.2, 0.25) is 0 Å². The summed E-state index contributed by atoms with van der Waals surface area (Å²) in [5, 5.41) is 2.49. The number of carbonyl (C=O) groups is 2. The first-order valence-corrected chi connectivity index (χ1v) is 7.23. The molecule has 1 heterocycles. The number of hydrogen-bond acceptors (Lipinski definition) is 7. The maximum Gasteiger partial charge on any atom is 0.375 e. The van der Waals surface area contributed by atoms with Crippen LogP contribution >= 0.6 is 8.17 Å². The Kier molecular flexibility index (Phi) is 5.23. The van der Waals surface area contributed by atoms with Crippen molar-refractivity contribution in [3.8, 4) is 0 Å². The molecule has 1 fully saturated rings. The van der Waals surface area contributed by atoms with Gasteiger partial charge < -0.3 is 19.8 Å². The van der Waals surface area contributed by atoms with Crippen LogP contribution in [0.1, 0.15) is 20.3 Å². The topological polar surface area (TPSA) is 114 Å². The van der Waals surface area contributed by atoms with Gasteiger partial charge in [-0.15, -0.1) is 0 Å². The van der Waals surface area contributed by atoms with Gasteiger partial charge in [0.05, 0.1) is 20.1 Å². The molecule has 19 heavy (non-hydrogen) atoms. The Morgan fingerprint density at radius 2 is 2.11 bits per heavy atom. The Labute approximate surface area is 111 Å². The number of nitrogens with one attached hydrogen (secondary N) is 1. The molecule has 1 amide bonds. The van der Waals surface area contributed by atoms with E-state index in [4.69, 9.17) is 9.05 Å². The minimum atomic E-state index is -3.94. The Morgan fingerprint density at radius 1 is 1.47 bits per heavy atom. The number of carbonyl (C=O) groups excluding carboxylic acids is 2. The van der Waals surface area contributed by atoms with Crippen LogP contribution in [0.15, 0.2) is 0 Å². The van der Waals surface area contributed by atoms with Crippen molar-refractivity contribution in [3.05, 3.63) is 0 Å². The van der Waals surface area contributed by atoms with Gasteiger partial charge >= 0.3 is 14.1 Å². The van der Waals surface area contributed by atoms with E-state index >= 15 is 0 Å². The molecule has 0 aromatic heterocycles. The highest BCUT2D eigenvalue weighted by Crippen LogP contribution is 2.59. The maximum atomic E-state index is 11.9. The fourth-order valence-corrected chi connectivity index (χ4v) is 2.74. The molecule has 3 N–H and O–H groups in total. The second-order valence-electron chi connectivity index (χ2n) is 4.86. The van der Waals surface area contributed by atoms with Crippen LogP contribution in [0.3, 0.4) is 0 Å². The number of rotatable bonds is 4. The molecule has 0 aliphatic carbocycles. The third-order valence-electron chi connectivity index (χ3n) is 2.65. The quantitative estimate of drug-likeness (QED) is 0.485. The van der Waals surface area contributed by atoms with Crippen LogP contribution in [0, 0.1) is 5.41 Å². The molecule has 8 nitrogen and oxygen atoms in total. The predicted octanol–water partition coefficient (Wildman–Crippen LogP) is -0.231. The van der Waals surface area contributed by atoms with Crippen molar-refractivity contribution >= 4 is 20.0 Å². The van der Waals surface area contributed by atoms with Crippen molar-refractivity contribution in [2.45, 2.75) is 26.4 Å². The molecule has 0 aromatic rings. The number of ether oxygens (including phenoxy) is 1. The fourth-order valence-electron chi connectivity index (χ4n) is 1.52. The van der Waals surface area contributed by atoms with E-state index in [9.17, 15) is 19.4 Å². The Bertz CT molecular complexity index is 358. The normalized spacial score (nSPS) is 24.6. The SMILES string of the molecule is COC(=O)CCNC(=O)[C@@H]1O[P](O)(O)OCC1(C)C. The summed E-state index contributed by atoms with van der Waals surface area (Å²) in [6.07, 6.45) is -1.02. The molecule has 1 saturated heterocycles. The van der Waals surface area contributed by atoms with Crippen molar-refractivity contribution in [1.29, 1.82) is 0 Å². The van der Waals surface area contributed by atoms with Crippen LogP contribution < -0.4 is 5.32 Å². The van der Waals surface area contributed by atoms with E-state index in [0.29, 0.717) is 0 Å². The minimum Gasteiger partial charge on any atom is -0.469 e. The third-order valence-corrected chi connectivity index (χ3v) is 3.60. The molecular formula is C10H19NO7P. The standard InChI is InChI=1S/C10H19NO7P/c1-10(2)6-17-19(14,15)18-8(10)9(13)11-5-4-7(12)16-3/h8,14-15H,4-6H2,1-3H3,(H,11,13)/t8-/m0/s1. The summed E-state index contributed by atoms with van der Waals surface area (Å²) in [5.41, 5.74) is -0.704. The van der Waals surface area contributed by atoms with Gasteiger partial charge in [-0.3, -0.25) is 18.6 Å². The monoisotopic (exact) mass is 296 g/mol. The molecule has 0 bridgehead atoms. The number of hydrogen-bond donors (Lipinski definition) is 3. The first-order chi connectivity index (χ1) is 8.68. The molecule has 1 aliphatic rings. The van der Waals surface area contributed by atoms with Gasteiger partial charge in [-0.1, -0.05) is 13.8 Å². The number of esters is 1. The van der Waals surface area contributed by atoms with E-state index in [1.54, 1.807) is 13.8 Å². The van der Waals surface area contributed by atoms with Crippen molar-refractivity contribution in [2.75, 3.05) is 20.3 Å². The van der Waals surface area contributed by atoms with Gasteiger partial charge in [0.15, 0.2) is 6.10 Å². The van der Waals surface area contributed by atoms with E-state index in [1.807, 2.05) is 0 Å². The molecule has 1 atom stereocenters. The van der Waals surface area contributed by atoms with Crippen molar-refractivity contribution in [1.82, 2.24) is 5.32 Å². The van der Waals surface area contributed by atoms with Crippen molar-refractivity contribution < 1.29 is 33.2 Å². The molecule has 1 rings (SSSR count). The summed E-state index contributed by atoms with van der Waals surface area (Å²) < 4.78 is 14.1. The van der Waals surface area contributed by atoms with Crippen LogP contribution in [0.5, 0.6) is 0 Å². The summed E-state index contributed by atoms with van der Waals surface area (Å²) in [6, 6.07) is 0. The van der Waals surface area contributed by atoms with E-state index in [1.165, 1.54) is 7.11 Å². The van der Waals surface area contributed by atoms with Crippen molar-refractivity contribution in [3.63, 3.8) is 0 Å². The van der Waals surface area contributed by atoms with Crippen LogP contribution in [0.25, 0.3) is 0 Å². The molecule has 0 spiro atoms. The second kappa shape index (κ2) is 6.11. The zero-order valence-electron chi connectivity index (χ0n) is 11.1. The van der Waals surface area contributed by atoms with Gasteiger partial charge in [0.25, 0.3) is 0 Å². The highest BCUT2D eigenvalue weighted by atomic mass is 31.2. The lowest BCUT2D eigenvalue weighted by molar-refractivity contribution is -0.144. The molecule has 0 aromatic carbocycles. The third kappa shape index (κ3) is 4.67. The molecule has 1 aliphatic heterocycles. The zero-order valence-corrected chi connectivity index (χ0v) is 12.0. The lowest BCUT2D eigenvalue weighted by Crippen LogP contribution is -2.50. The average Bonchev–Trinajstić information content (AvgIpc) is 2.32. The highest BCUT2D eigenvalue weighted by molar-refractivity contribution is 7.54. The fraction of sp³-hybridized carbons (Fsp3) is 0.800. The van der Waals surface area contributed by atoms with Gasteiger partial charge in [-0.05, 0) is 0 Å². The summed E-state index contributed by atoms with van der Waals surface area (Å²) >= 11 is 0. The second-order valence-corrected chi connectivity index (χ2v) is 6.31. The highest BCUT2D eigenvalue weighted by Gasteiger charge is 2.48. The van der Waals surface area contributed by atoms with Gasteiger partial charge in [-0.25, -0.2) is 0 Å². The smallest absolute Gasteiger partial charge is 0.375 e. The predicted molar refractivity (Wildman–Crippen MR) is 65.6 cm³/mol. The average molecular weight is 296 g/mol. The lowest BCUT2D eigenvalue weighted by Gasteiger charge is -2.42. The molecular weight excluding hydrogens is 277 g/mol. The van der Waals surface area contributed by atoms with Gasteiger partial charge in [0.2, 0.25) is 5.91 Å².